The van der Waals surface area contributed by atoms with Crippen molar-refractivity contribution in [1.29, 1.82) is 0 Å². The van der Waals surface area contributed by atoms with Crippen molar-refractivity contribution in [3.8, 4) is 11.5 Å². The van der Waals surface area contributed by atoms with E-state index in [1.165, 1.54) is 30.3 Å². The molecule has 2 rings (SSSR count). The molecule has 0 bridgehead atoms. The average molecular weight is 292 g/mol. The van der Waals surface area contributed by atoms with E-state index >= 15 is 0 Å². The predicted molar refractivity (Wildman–Crippen MR) is 75.9 cm³/mol. The first-order chi connectivity index (χ1) is 9.21. The van der Waals surface area contributed by atoms with Gasteiger partial charge >= 0.3 is 0 Å². The van der Waals surface area contributed by atoms with Gasteiger partial charge in [-0.1, -0.05) is 0 Å². The Morgan fingerprint density at radius 2 is 1.45 bits per heavy atom. The van der Waals surface area contributed by atoms with Crippen LogP contribution in [0.1, 0.15) is 16.7 Å². The number of hydrogen-bond donors (Lipinski definition) is 2. The Hall–Kier alpha value is -2.01. The van der Waals surface area contributed by atoms with Crippen molar-refractivity contribution in [2.24, 2.45) is 0 Å². The van der Waals surface area contributed by atoms with Gasteiger partial charge in [-0.05, 0) is 67.8 Å². The summed E-state index contributed by atoms with van der Waals surface area (Å²) in [5.41, 5.74) is 1.93. The van der Waals surface area contributed by atoms with Gasteiger partial charge in [-0.2, -0.15) is 0 Å². The first-order valence-corrected chi connectivity index (χ1v) is 7.56. The summed E-state index contributed by atoms with van der Waals surface area (Å²) in [6.07, 6.45) is 0. The highest BCUT2D eigenvalue weighted by molar-refractivity contribution is 7.91. The molecule has 4 nitrogen and oxygen atoms in total. The van der Waals surface area contributed by atoms with Crippen molar-refractivity contribution in [2.75, 3.05) is 0 Å². The Balaban J connectivity index is 2.73. The lowest BCUT2D eigenvalue weighted by molar-refractivity contribution is 0.472. The Labute approximate surface area is 118 Å². The van der Waals surface area contributed by atoms with E-state index in [-0.39, 0.29) is 21.3 Å². The molecule has 0 heterocycles. The lowest BCUT2D eigenvalue weighted by Gasteiger charge is -2.11. The second kappa shape index (κ2) is 4.83. The highest BCUT2D eigenvalue weighted by Gasteiger charge is 2.22. The third kappa shape index (κ3) is 2.49. The maximum Gasteiger partial charge on any atom is 0.207 e. The fourth-order valence-electron chi connectivity index (χ4n) is 2.10. The van der Waals surface area contributed by atoms with Gasteiger partial charge in [-0.3, -0.25) is 0 Å². The fraction of sp³-hybridized carbons (Fsp3) is 0.200. The second-order valence-electron chi connectivity index (χ2n) is 4.89. The summed E-state index contributed by atoms with van der Waals surface area (Å²) in [5, 5.41) is 19.2. The zero-order valence-electron chi connectivity index (χ0n) is 11.5. The minimum absolute atomic E-state index is 0.0168. The molecule has 0 spiro atoms. The molecular formula is C15H16O4S. The number of hydrogen-bond acceptors (Lipinski definition) is 4. The monoisotopic (exact) mass is 292 g/mol. The van der Waals surface area contributed by atoms with Crippen LogP contribution in [0.4, 0.5) is 0 Å². The van der Waals surface area contributed by atoms with Gasteiger partial charge in [0.05, 0.1) is 9.79 Å². The molecule has 0 atom stereocenters. The van der Waals surface area contributed by atoms with E-state index in [9.17, 15) is 18.6 Å². The third-order valence-corrected chi connectivity index (χ3v) is 5.10. The predicted octanol–water partition coefficient (Wildman–Crippen LogP) is 2.86. The molecule has 2 N–H and O–H groups in total. The largest absolute Gasteiger partial charge is 0.508 e. The normalized spacial score (nSPS) is 11.6. The molecule has 106 valence electrons. The van der Waals surface area contributed by atoms with Gasteiger partial charge in [0, 0.05) is 0 Å². The Morgan fingerprint density at radius 3 is 2.05 bits per heavy atom. The molecule has 2 aromatic rings. The highest BCUT2D eigenvalue weighted by Crippen LogP contribution is 2.31. The fourth-order valence-corrected chi connectivity index (χ4v) is 3.81. The zero-order chi connectivity index (χ0) is 15.1. The zero-order valence-corrected chi connectivity index (χ0v) is 12.3. The number of phenols is 2. The Morgan fingerprint density at radius 1 is 0.850 bits per heavy atom. The smallest absolute Gasteiger partial charge is 0.207 e. The summed E-state index contributed by atoms with van der Waals surface area (Å²) >= 11 is 0. The number of sulfone groups is 1. The van der Waals surface area contributed by atoms with Crippen molar-refractivity contribution >= 4 is 9.84 Å². The van der Waals surface area contributed by atoms with Crippen LogP contribution in [0, 0.1) is 20.8 Å². The lowest BCUT2D eigenvalue weighted by atomic mass is 10.1. The SMILES string of the molecule is Cc1cc(O)cc(S(=O)(=O)c2cc(O)cc(C)c2C)c1. The number of benzene rings is 2. The van der Waals surface area contributed by atoms with Gasteiger partial charge < -0.3 is 10.2 Å². The van der Waals surface area contributed by atoms with Crippen molar-refractivity contribution in [3.63, 3.8) is 0 Å². The van der Waals surface area contributed by atoms with E-state index < -0.39 is 9.84 Å². The van der Waals surface area contributed by atoms with Crippen LogP contribution >= 0.6 is 0 Å². The second-order valence-corrected chi connectivity index (χ2v) is 6.81. The maximum atomic E-state index is 12.6. The van der Waals surface area contributed by atoms with E-state index in [0.29, 0.717) is 16.7 Å². The van der Waals surface area contributed by atoms with Gasteiger partial charge in [0.25, 0.3) is 0 Å². The summed E-state index contributed by atoms with van der Waals surface area (Å²) < 4.78 is 25.3. The van der Waals surface area contributed by atoms with Crippen LogP contribution in [0.3, 0.4) is 0 Å². The summed E-state index contributed by atoms with van der Waals surface area (Å²) in [4.78, 5) is 0.0723. The first kappa shape index (κ1) is 14.4. The van der Waals surface area contributed by atoms with E-state index in [1.54, 1.807) is 20.8 Å². The quantitative estimate of drug-likeness (QED) is 0.892. The molecule has 0 radical (unpaired) electrons. The standard InChI is InChI=1S/C15H16O4S/c1-9-4-12(16)7-14(5-9)20(18,19)15-8-13(17)6-10(2)11(15)3/h4-8,16-17H,1-3H3. The van der Waals surface area contributed by atoms with Crippen LogP contribution in [0.5, 0.6) is 11.5 Å². The van der Waals surface area contributed by atoms with Crippen LogP contribution in [0.2, 0.25) is 0 Å². The molecule has 0 aliphatic carbocycles. The van der Waals surface area contributed by atoms with E-state index in [0.717, 1.165) is 0 Å². The van der Waals surface area contributed by atoms with Crippen molar-refractivity contribution in [2.45, 2.75) is 30.6 Å². The molecule has 0 aliphatic heterocycles. The molecule has 0 aromatic heterocycles. The van der Waals surface area contributed by atoms with Gasteiger partial charge in [-0.25, -0.2) is 8.42 Å². The molecule has 5 heteroatoms. The Kier molecular flexibility index (Phi) is 3.48. The molecule has 0 aliphatic rings. The molecule has 0 saturated heterocycles. The number of rotatable bonds is 2. The molecule has 2 aromatic carbocycles. The van der Waals surface area contributed by atoms with Crippen LogP contribution in [0.15, 0.2) is 40.1 Å². The Bertz CT molecular complexity index is 756. The molecule has 20 heavy (non-hydrogen) atoms. The van der Waals surface area contributed by atoms with E-state index in [2.05, 4.69) is 0 Å². The van der Waals surface area contributed by atoms with Crippen LogP contribution < -0.4 is 0 Å². The van der Waals surface area contributed by atoms with Crippen molar-refractivity contribution < 1.29 is 18.6 Å². The van der Waals surface area contributed by atoms with Gasteiger partial charge in [0.2, 0.25) is 9.84 Å². The van der Waals surface area contributed by atoms with Gasteiger partial charge in [0.1, 0.15) is 11.5 Å². The van der Waals surface area contributed by atoms with Crippen LogP contribution in [0.25, 0.3) is 0 Å². The van der Waals surface area contributed by atoms with Crippen LogP contribution in [-0.4, -0.2) is 18.6 Å². The summed E-state index contributed by atoms with van der Waals surface area (Å²) in [6, 6.07) is 6.94. The van der Waals surface area contributed by atoms with Crippen molar-refractivity contribution in [3.05, 3.63) is 47.0 Å². The summed E-state index contributed by atoms with van der Waals surface area (Å²) in [7, 11) is -3.78. The maximum absolute atomic E-state index is 12.6. The average Bonchev–Trinajstić information content (AvgIpc) is 2.32. The number of aryl methyl sites for hydroxylation is 2. The minimum atomic E-state index is -3.78. The number of phenolic OH excluding ortho intramolecular Hbond substituents is 2. The topological polar surface area (TPSA) is 74.6 Å². The van der Waals surface area contributed by atoms with Crippen LogP contribution in [-0.2, 0) is 9.84 Å². The van der Waals surface area contributed by atoms with Crippen molar-refractivity contribution in [1.82, 2.24) is 0 Å². The van der Waals surface area contributed by atoms with Gasteiger partial charge in [-0.15, -0.1) is 0 Å². The third-order valence-electron chi connectivity index (χ3n) is 3.24. The number of aromatic hydroxyl groups is 2. The highest BCUT2D eigenvalue weighted by atomic mass is 32.2. The van der Waals surface area contributed by atoms with E-state index in [4.69, 9.17) is 0 Å². The molecule has 0 saturated carbocycles. The molecule has 0 unspecified atom stereocenters. The summed E-state index contributed by atoms with van der Waals surface area (Å²) in [5.74, 6) is -0.193. The molecule has 0 amide bonds. The molecule has 0 fully saturated rings. The first-order valence-electron chi connectivity index (χ1n) is 6.08. The summed E-state index contributed by atoms with van der Waals surface area (Å²) in [6.45, 7) is 5.14. The molecular weight excluding hydrogens is 276 g/mol. The van der Waals surface area contributed by atoms with E-state index in [1.807, 2.05) is 0 Å². The van der Waals surface area contributed by atoms with Gasteiger partial charge in [0.15, 0.2) is 0 Å². The minimum Gasteiger partial charge on any atom is -0.508 e. The lowest BCUT2D eigenvalue weighted by Crippen LogP contribution is -2.05.